The molecule has 4 atom stereocenters. The molecule has 0 aliphatic rings. The number of imidazole rings is 1. The molecule has 1 aromatic heterocycles. The molecule has 14 nitrogen and oxygen atoms in total. The van der Waals surface area contributed by atoms with Crippen LogP contribution in [0, 0.1) is 5.92 Å². The Morgan fingerprint density at radius 3 is 2.14 bits per heavy atom. The van der Waals surface area contributed by atoms with E-state index < -0.39 is 60.2 Å². The number of primary amides is 1. The number of H-pyrrole nitrogens is 1. The van der Waals surface area contributed by atoms with Crippen molar-refractivity contribution < 1.29 is 29.1 Å². The molecule has 1 aromatic rings. The Hall–Kier alpha value is -3.52. The third-order valence-corrected chi connectivity index (χ3v) is 5.28. The first-order valence-corrected chi connectivity index (χ1v) is 11.8. The van der Waals surface area contributed by atoms with Crippen molar-refractivity contribution in [1.29, 1.82) is 0 Å². The molecule has 11 N–H and O–H groups in total. The van der Waals surface area contributed by atoms with Crippen LogP contribution in [0.1, 0.15) is 51.6 Å². The van der Waals surface area contributed by atoms with E-state index in [1.54, 1.807) is 13.8 Å². The number of hydrogen-bond donors (Lipinski definition) is 8. The lowest BCUT2D eigenvalue weighted by Crippen LogP contribution is -2.58. The fourth-order valence-electron chi connectivity index (χ4n) is 3.39. The Bertz CT molecular complexity index is 876. The number of hydrogen-bond acceptors (Lipinski definition) is 8. The highest BCUT2D eigenvalue weighted by molar-refractivity contribution is 5.96. The average Bonchev–Trinajstić information content (AvgIpc) is 3.30. The van der Waals surface area contributed by atoms with Crippen LogP contribution in [0.3, 0.4) is 0 Å². The summed E-state index contributed by atoms with van der Waals surface area (Å²) >= 11 is 0. The molecule has 14 heteroatoms. The summed E-state index contributed by atoms with van der Waals surface area (Å²) in [5, 5.41) is 16.7. The largest absolute Gasteiger partial charge is 0.480 e. The average molecular weight is 511 g/mol. The first-order chi connectivity index (χ1) is 16.9. The zero-order valence-corrected chi connectivity index (χ0v) is 20.7. The van der Waals surface area contributed by atoms with Gasteiger partial charge in [-0.3, -0.25) is 19.2 Å². The summed E-state index contributed by atoms with van der Waals surface area (Å²) in [5.74, 6) is -4.44. The molecule has 202 valence electrons. The molecule has 1 rings (SSSR count). The van der Waals surface area contributed by atoms with E-state index in [1.165, 1.54) is 12.5 Å². The van der Waals surface area contributed by atoms with Crippen LogP contribution in [0.25, 0.3) is 0 Å². The highest BCUT2D eigenvalue weighted by Gasteiger charge is 2.31. The van der Waals surface area contributed by atoms with E-state index in [-0.39, 0.29) is 18.8 Å². The smallest absolute Gasteiger partial charge is 0.326 e. The predicted octanol–water partition coefficient (Wildman–Crippen LogP) is -2.13. The minimum atomic E-state index is -1.46. The topological polar surface area (TPSA) is 248 Å². The molecule has 0 bridgehead atoms. The molecule has 0 spiro atoms. The Morgan fingerprint density at radius 1 is 1.00 bits per heavy atom. The number of carboxylic acids is 1. The molecule has 0 radical (unpaired) electrons. The van der Waals surface area contributed by atoms with Gasteiger partial charge in [-0.2, -0.15) is 0 Å². The van der Waals surface area contributed by atoms with Gasteiger partial charge in [0.25, 0.3) is 0 Å². The molecule has 0 aliphatic heterocycles. The lowest BCUT2D eigenvalue weighted by molar-refractivity contribution is -0.143. The monoisotopic (exact) mass is 510 g/mol. The molecular weight excluding hydrogens is 472 g/mol. The molecule has 4 unspecified atom stereocenters. The molecule has 0 saturated carbocycles. The zero-order chi connectivity index (χ0) is 27.3. The maximum Gasteiger partial charge on any atom is 0.326 e. The molecule has 0 fully saturated rings. The normalized spacial score (nSPS) is 14.4. The molecule has 1 heterocycles. The van der Waals surface area contributed by atoms with Gasteiger partial charge in [-0.25, -0.2) is 9.78 Å². The quantitative estimate of drug-likeness (QED) is 0.106. The van der Waals surface area contributed by atoms with E-state index in [9.17, 15) is 29.1 Å². The van der Waals surface area contributed by atoms with E-state index in [2.05, 4.69) is 25.9 Å². The van der Waals surface area contributed by atoms with E-state index in [0.717, 1.165) is 0 Å². The summed E-state index contributed by atoms with van der Waals surface area (Å²) < 4.78 is 0. The van der Waals surface area contributed by atoms with Crippen molar-refractivity contribution in [1.82, 2.24) is 25.9 Å². The third kappa shape index (κ3) is 11.3. The van der Waals surface area contributed by atoms with Gasteiger partial charge in [0.15, 0.2) is 0 Å². The highest BCUT2D eigenvalue weighted by atomic mass is 16.4. The van der Waals surface area contributed by atoms with Gasteiger partial charge >= 0.3 is 5.97 Å². The fourth-order valence-corrected chi connectivity index (χ4v) is 3.39. The number of rotatable bonds is 17. The molecule has 0 saturated heterocycles. The third-order valence-electron chi connectivity index (χ3n) is 5.28. The van der Waals surface area contributed by atoms with Crippen molar-refractivity contribution in [3.05, 3.63) is 18.2 Å². The van der Waals surface area contributed by atoms with Crippen LogP contribution in [0.2, 0.25) is 0 Å². The standard InChI is InChI=1S/C22H38N8O6/c1-12(2)7-17(22(35)36)30-21(34)16(9-18(25)31)29-20(33)15(8-13-10-26-11-27-13)28-19(32)14(24)5-3-4-6-23/h10-12,14-17H,3-9,23-24H2,1-2H3,(H2,25,31)(H,26,27)(H,28,32)(H,29,33)(H,30,34)(H,35,36). The van der Waals surface area contributed by atoms with Crippen LogP contribution in [0.5, 0.6) is 0 Å². The summed E-state index contributed by atoms with van der Waals surface area (Å²) in [6, 6.07) is -4.74. The molecule has 0 aromatic carbocycles. The van der Waals surface area contributed by atoms with Gasteiger partial charge in [-0.15, -0.1) is 0 Å². The van der Waals surface area contributed by atoms with Crippen molar-refractivity contribution in [2.24, 2.45) is 23.1 Å². The number of nitrogens with two attached hydrogens (primary N) is 3. The molecule has 4 amide bonds. The van der Waals surface area contributed by atoms with E-state index in [1.807, 2.05) is 0 Å². The van der Waals surface area contributed by atoms with Crippen molar-refractivity contribution in [3.63, 3.8) is 0 Å². The highest BCUT2D eigenvalue weighted by Crippen LogP contribution is 2.07. The van der Waals surface area contributed by atoms with Gasteiger partial charge in [0.05, 0.1) is 18.8 Å². The summed E-state index contributed by atoms with van der Waals surface area (Å²) in [6.45, 7) is 4.03. The number of nitrogens with one attached hydrogen (secondary N) is 4. The second-order valence-electron chi connectivity index (χ2n) is 8.99. The number of amides is 4. The first-order valence-electron chi connectivity index (χ1n) is 11.8. The fraction of sp³-hybridized carbons (Fsp3) is 0.636. The van der Waals surface area contributed by atoms with E-state index in [4.69, 9.17) is 17.2 Å². The van der Waals surface area contributed by atoms with Crippen LogP contribution < -0.4 is 33.2 Å². The number of carbonyl (C=O) groups is 5. The van der Waals surface area contributed by atoms with Crippen molar-refractivity contribution >= 4 is 29.6 Å². The Kier molecular flexibility index (Phi) is 13.1. The minimum Gasteiger partial charge on any atom is -0.480 e. The van der Waals surface area contributed by atoms with Crippen molar-refractivity contribution in [2.45, 2.75) is 76.5 Å². The van der Waals surface area contributed by atoms with Crippen molar-refractivity contribution in [2.75, 3.05) is 6.54 Å². The minimum absolute atomic E-state index is 0.0108. The van der Waals surface area contributed by atoms with Gasteiger partial charge in [-0.05, 0) is 31.7 Å². The lowest BCUT2D eigenvalue weighted by Gasteiger charge is -2.25. The van der Waals surface area contributed by atoms with E-state index in [0.29, 0.717) is 31.5 Å². The summed E-state index contributed by atoms with van der Waals surface area (Å²) in [5.41, 5.74) is 17.2. The van der Waals surface area contributed by atoms with E-state index >= 15 is 0 Å². The number of carboxylic acid groups (broad SMARTS) is 1. The second-order valence-corrected chi connectivity index (χ2v) is 8.99. The summed E-state index contributed by atoms with van der Waals surface area (Å²) in [4.78, 5) is 68.3. The Morgan fingerprint density at radius 2 is 1.61 bits per heavy atom. The lowest BCUT2D eigenvalue weighted by atomic mass is 10.0. The Balaban J connectivity index is 3.02. The summed E-state index contributed by atoms with van der Waals surface area (Å²) in [7, 11) is 0. The van der Waals surface area contributed by atoms with Crippen molar-refractivity contribution in [3.8, 4) is 0 Å². The number of aromatic amines is 1. The number of unbranched alkanes of at least 4 members (excludes halogenated alkanes) is 1. The molecule has 0 aliphatic carbocycles. The van der Waals surface area contributed by atoms with Crippen LogP contribution in [-0.2, 0) is 30.4 Å². The van der Waals surface area contributed by atoms with Gasteiger partial charge < -0.3 is 43.2 Å². The number of aliphatic carboxylic acids is 1. The van der Waals surface area contributed by atoms with Gasteiger partial charge in [-0.1, -0.05) is 20.3 Å². The number of aromatic nitrogens is 2. The zero-order valence-electron chi connectivity index (χ0n) is 20.7. The van der Waals surface area contributed by atoms with Gasteiger partial charge in [0.2, 0.25) is 23.6 Å². The van der Waals surface area contributed by atoms with Gasteiger partial charge in [0.1, 0.15) is 18.1 Å². The number of nitrogens with zero attached hydrogens (tertiary/aromatic N) is 1. The Labute approximate surface area is 209 Å². The maximum absolute atomic E-state index is 13.1. The van der Waals surface area contributed by atoms with Gasteiger partial charge in [0, 0.05) is 18.3 Å². The van der Waals surface area contributed by atoms with Crippen LogP contribution >= 0.6 is 0 Å². The number of carbonyl (C=O) groups excluding carboxylic acids is 4. The SMILES string of the molecule is CC(C)CC(NC(=O)C(CC(N)=O)NC(=O)C(Cc1cnc[nH]1)NC(=O)C(N)CCCCN)C(=O)O. The molecule has 36 heavy (non-hydrogen) atoms. The second kappa shape index (κ2) is 15.5. The summed E-state index contributed by atoms with van der Waals surface area (Å²) in [6.07, 6.45) is 4.10. The molecular formula is C22H38N8O6. The predicted molar refractivity (Wildman–Crippen MR) is 130 cm³/mol. The van der Waals surface area contributed by atoms with Crippen LogP contribution in [0.4, 0.5) is 0 Å². The van der Waals surface area contributed by atoms with Crippen LogP contribution in [0.15, 0.2) is 12.5 Å². The maximum atomic E-state index is 13.1. The first kappa shape index (κ1) is 30.5. The van der Waals surface area contributed by atoms with Crippen LogP contribution in [-0.4, -0.2) is 75.4 Å².